The predicted octanol–water partition coefficient (Wildman–Crippen LogP) is 3.79. The number of rotatable bonds is 11. The van der Waals surface area contributed by atoms with Crippen LogP contribution < -0.4 is 19.1 Å². The fraction of sp³-hybridized carbons (Fsp3) is 0.240. The van der Waals surface area contributed by atoms with Crippen molar-refractivity contribution in [2.24, 2.45) is 0 Å². The number of aryl methyl sites for hydroxylation is 1. The lowest BCUT2D eigenvalue weighted by Crippen LogP contribution is -2.41. The molecule has 0 aliphatic heterocycles. The smallest absolute Gasteiger partial charge is 0.264 e. The van der Waals surface area contributed by atoms with Crippen LogP contribution in [0.3, 0.4) is 0 Å². The number of hydrogen-bond acceptors (Lipinski definition) is 5. The van der Waals surface area contributed by atoms with Crippen molar-refractivity contribution in [2.75, 3.05) is 31.6 Å². The van der Waals surface area contributed by atoms with Crippen LogP contribution >= 0.6 is 0 Å². The summed E-state index contributed by atoms with van der Waals surface area (Å²) in [5, 5.41) is 2.76. The standard InChI is InChI=1S/C25H27FN2O5S/c1-32-22-13-15-23(16-14-22)34(30,31)28(21-11-9-20(26)10-12-21)18-25(29)27-17-5-7-19-6-3-4-8-24(19)33-2/h3-4,6,8-16H,5,7,17-18H2,1-2H3,(H,27,29). The van der Waals surface area contributed by atoms with Gasteiger partial charge in [-0.2, -0.15) is 0 Å². The molecule has 0 saturated carbocycles. The molecule has 180 valence electrons. The second-order valence-electron chi connectivity index (χ2n) is 7.43. The highest BCUT2D eigenvalue weighted by atomic mass is 32.2. The molecule has 0 bridgehead atoms. The maximum atomic E-state index is 13.4. The van der Waals surface area contributed by atoms with Crippen molar-refractivity contribution in [3.05, 3.63) is 84.2 Å². The molecule has 0 unspecified atom stereocenters. The monoisotopic (exact) mass is 486 g/mol. The van der Waals surface area contributed by atoms with Gasteiger partial charge in [0.05, 0.1) is 24.8 Å². The Bertz CT molecular complexity index is 1200. The molecule has 0 saturated heterocycles. The van der Waals surface area contributed by atoms with Crippen LogP contribution in [0, 0.1) is 5.82 Å². The van der Waals surface area contributed by atoms with Crippen LogP contribution in [-0.4, -0.2) is 41.6 Å². The molecule has 9 heteroatoms. The molecule has 34 heavy (non-hydrogen) atoms. The van der Waals surface area contributed by atoms with E-state index in [9.17, 15) is 17.6 Å². The Balaban J connectivity index is 1.71. The summed E-state index contributed by atoms with van der Waals surface area (Å²) in [7, 11) is -1.01. The first-order chi connectivity index (χ1) is 16.3. The van der Waals surface area contributed by atoms with Gasteiger partial charge in [-0.25, -0.2) is 12.8 Å². The highest BCUT2D eigenvalue weighted by Crippen LogP contribution is 2.25. The maximum absolute atomic E-state index is 13.4. The lowest BCUT2D eigenvalue weighted by Gasteiger charge is -2.24. The Hall–Kier alpha value is -3.59. The van der Waals surface area contributed by atoms with E-state index in [0.29, 0.717) is 25.1 Å². The minimum absolute atomic E-state index is 0.0124. The number of para-hydroxylation sites is 1. The molecule has 3 aromatic carbocycles. The number of amides is 1. The van der Waals surface area contributed by atoms with Gasteiger partial charge >= 0.3 is 0 Å². The van der Waals surface area contributed by atoms with Gasteiger partial charge in [-0.3, -0.25) is 9.10 Å². The first-order valence-electron chi connectivity index (χ1n) is 10.7. The Morgan fingerprint density at radius 1 is 0.941 bits per heavy atom. The number of sulfonamides is 1. The van der Waals surface area contributed by atoms with Crippen molar-refractivity contribution in [2.45, 2.75) is 17.7 Å². The highest BCUT2D eigenvalue weighted by Gasteiger charge is 2.27. The fourth-order valence-corrected chi connectivity index (χ4v) is 4.82. The third-order valence-electron chi connectivity index (χ3n) is 5.19. The highest BCUT2D eigenvalue weighted by molar-refractivity contribution is 7.92. The average Bonchev–Trinajstić information content (AvgIpc) is 2.86. The molecular weight excluding hydrogens is 459 g/mol. The summed E-state index contributed by atoms with van der Waals surface area (Å²) in [6.45, 7) is -0.0919. The molecule has 1 N–H and O–H groups in total. The van der Waals surface area contributed by atoms with Crippen LogP contribution in [-0.2, 0) is 21.2 Å². The van der Waals surface area contributed by atoms with E-state index in [1.807, 2.05) is 24.3 Å². The number of halogens is 1. The molecule has 3 aromatic rings. The molecular formula is C25H27FN2O5S. The molecule has 0 aliphatic carbocycles. The van der Waals surface area contributed by atoms with Crippen molar-refractivity contribution in [3.8, 4) is 11.5 Å². The molecule has 0 aliphatic rings. The topological polar surface area (TPSA) is 84.9 Å². The second kappa shape index (κ2) is 11.5. The van der Waals surface area contributed by atoms with Gasteiger partial charge < -0.3 is 14.8 Å². The molecule has 0 heterocycles. The summed E-state index contributed by atoms with van der Waals surface area (Å²) in [6, 6.07) is 18.4. The number of ether oxygens (including phenoxy) is 2. The van der Waals surface area contributed by atoms with Gasteiger partial charge in [-0.15, -0.1) is 0 Å². The van der Waals surface area contributed by atoms with Gasteiger partial charge in [0, 0.05) is 6.54 Å². The zero-order valence-corrected chi connectivity index (χ0v) is 19.8. The number of benzene rings is 3. The van der Waals surface area contributed by atoms with Crippen molar-refractivity contribution < 1.29 is 27.1 Å². The van der Waals surface area contributed by atoms with Gasteiger partial charge in [0.2, 0.25) is 5.91 Å². The van der Waals surface area contributed by atoms with E-state index in [2.05, 4.69) is 5.32 Å². The largest absolute Gasteiger partial charge is 0.497 e. The second-order valence-corrected chi connectivity index (χ2v) is 9.29. The third kappa shape index (κ3) is 6.26. The summed E-state index contributed by atoms with van der Waals surface area (Å²) in [6.07, 6.45) is 1.34. The summed E-state index contributed by atoms with van der Waals surface area (Å²) in [5.74, 6) is 0.301. The molecule has 0 aromatic heterocycles. The van der Waals surface area contributed by atoms with Crippen molar-refractivity contribution >= 4 is 21.6 Å². The lowest BCUT2D eigenvalue weighted by molar-refractivity contribution is -0.119. The van der Waals surface area contributed by atoms with Crippen LogP contribution in [0.25, 0.3) is 0 Å². The Morgan fingerprint density at radius 3 is 2.26 bits per heavy atom. The third-order valence-corrected chi connectivity index (χ3v) is 6.97. The number of methoxy groups -OCH3 is 2. The average molecular weight is 487 g/mol. The quantitative estimate of drug-likeness (QED) is 0.417. The molecule has 0 spiro atoms. The zero-order valence-electron chi connectivity index (χ0n) is 19.0. The van der Waals surface area contributed by atoms with Gasteiger partial charge in [0.25, 0.3) is 10.0 Å². The van der Waals surface area contributed by atoms with E-state index in [0.717, 1.165) is 27.8 Å². The van der Waals surface area contributed by atoms with Gasteiger partial charge in [0.1, 0.15) is 23.9 Å². The van der Waals surface area contributed by atoms with Gasteiger partial charge in [0.15, 0.2) is 0 Å². The predicted molar refractivity (Wildman–Crippen MR) is 128 cm³/mol. The number of nitrogens with zero attached hydrogens (tertiary/aromatic N) is 1. The van der Waals surface area contributed by atoms with E-state index < -0.39 is 28.3 Å². The molecule has 3 rings (SSSR count). The Morgan fingerprint density at radius 2 is 1.62 bits per heavy atom. The summed E-state index contributed by atoms with van der Waals surface area (Å²) < 4.78 is 51.5. The normalized spacial score (nSPS) is 11.0. The van der Waals surface area contributed by atoms with Gasteiger partial charge in [-0.05, 0) is 73.0 Å². The summed E-state index contributed by atoms with van der Waals surface area (Å²) >= 11 is 0. The van der Waals surface area contributed by atoms with E-state index in [-0.39, 0.29) is 10.6 Å². The van der Waals surface area contributed by atoms with Crippen molar-refractivity contribution in [1.29, 1.82) is 0 Å². The lowest BCUT2D eigenvalue weighted by atomic mass is 10.1. The van der Waals surface area contributed by atoms with E-state index in [1.54, 1.807) is 7.11 Å². The number of anilines is 1. The minimum atomic E-state index is -4.09. The van der Waals surface area contributed by atoms with Crippen LogP contribution in [0.5, 0.6) is 11.5 Å². The molecule has 7 nitrogen and oxygen atoms in total. The fourth-order valence-electron chi connectivity index (χ4n) is 3.40. The van der Waals surface area contributed by atoms with Crippen molar-refractivity contribution in [3.63, 3.8) is 0 Å². The number of carbonyl (C=O) groups is 1. The summed E-state index contributed by atoms with van der Waals surface area (Å²) in [5.41, 5.74) is 1.20. The van der Waals surface area contributed by atoms with Gasteiger partial charge in [-0.1, -0.05) is 18.2 Å². The SMILES string of the molecule is COc1ccc(S(=O)(=O)N(CC(=O)NCCCc2ccccc2OC)c2ccc(F)cc2)cc1. The van der Waals surface area contributed by atoms with Crippen LogP contribution in [0.4, 0.5) is 10.1 Å². The molecule has 0 fully saturated rings. The zero-order chi connectivity index (χ0) is 24.6. The molecule has 0 atom stereocenters. The maximum Gasteiger partial charge on any atom is 0.264 e. The first kappa shape index (κ1) is 25.0. The van der Waals surface area contributed by atoms with Crippen LogP contribution in [0.2, 0.25) is 0 Å². The van der Waals surface area contributed by atoms with E-state index in [1.165, 1.54) is 43.5 Å². The Labute approximate surface area is 199 Å². The Kier molecular flexibility index (Phi) is 8.48. The minimum Gasteiger partial charge on any atom is -0.497 e. The van der Waals surface area contributed by atoms with Crippen LogP contribution in [0.15, 0.2) is 77.7 Å². The summed E-state index contributed by atoms with van der Waals surface area (Å²) in [4.78, 5) is 12.7. The number of carbonyl (C=O) groups excluding carboxylic acids is 1. The number of nitrogens with one attached hydrogen (secondary N) is 1. The first-order valence-corrected chi connectivity index (χ1v) is 12.1. The molecule has 0 radical (unpaired) electrons. The number of hydrogen-bond donors (Lipinski definition) is 1. The van der Waals surface area contributed by atoms with Crippen molar-refractivity contribution in [1.82, 2.24) is 5.32 Å². The molecule has 1 amide bonds. The van der Waals surface area contributed by atoms with E-state index in [4.69, 9.17) is 9.47 Å². The van der Waals surface area contributed by atoms with E-state index >= 15 is 0 Å². The van der Waals surface area contributed by atoms with Crippen LogP contribution in [0.1, 0.15) is 12.0 Å².